The third kappa shape index (κ3) is 4.56. The van der Waals surface area contributed by atoms with Crippen LogP contribution in [0, 0.1) is 0 Å². The summed E-state index contributed by atoms with van der Waals surface area (Å²) in [5, 5.41) is 0.476. The number of nitrogens with zero attached hydrogens (tertiary/aromatic N) is 2. The molecule has 0 aliphatic heterocycles. The lowest BCUT2D eigenvalue weighted by atomic mass is 10.1. The van der Waals surface area contributed by atoms with Crippen LogP contribution in [-0.2, 0) is 0 Å². The normalized spacial score (nSPS) is 15.9. The first kappa shape index (κ1) is 16.1. The highest BCUT2D eigenvalue weighted by Crippen LogP contribution is 2.35. The third-order valence-electron chi connectivity index (χ3n) is 3.28. The third-order valence-corrected chi connectivity index (χ3v) is 5.51. The minimum Gasteiger partial charge on any atom is -0.294 e. The fourth-order valence-electron chi connectivity index (χ4n) is 3.25. The van der Waals surface area contributed by atoms with Crippen LogP contribution in [0.4, 0.5) is 0 Å². The van der Waals surface area contributed by atoms with Gasteiger partial charge in [-0.3, -0.25) is 9.80 Å². The topological polar surface area (TPSA) is 6.48 Å². The van der Waals surface area contributed by atoms with Gasteiger partial charge in [0.05, 0.1) is 6.17 Å². The highest BCUT2D eigenvalue weighted by Gasteiger charge is 2.35. The van der Waals surface area contributed by atoms with Crippen molar-refractivity contribution < 1.29 is 0 Å². The summed E-state index contributed by atoms with van der Waals surface area (Å²) in [4.78, 5) is 5.00. The minimum atomic E-state index is -0.0610. The van der Waals surface area contributed by atoms with E-state index in [0.717, 1.165) is 18.6 Å². The molecule has 0 saturated heterocycles. The van der Waals surface area contributed by atoms with Crippen LogP contribution < -0.4 is 0 Å². The summed E-state index contributed by atoms with van der Waals surface area (Å²) in [6.07, 6.45) is 0.594. The Morgan fingerprint density at radius 3 is 1.75 bits per heavy atom. The fraction of sp³-hybridized carbons (Fsp3) is 1.00. The number of rotatable bonds is 7. The molecule has 0 rings (SSSR count). The molecule has 16 heavy (non-hydrogen) atoms. The Labute approximate surface area is 105 Å². The summed E-state index contributed by atoms with van der Waals surface area (Å²) in [5.41, 5.74) is 0.896. The quantitative estimate of drug-likeness (QED) is 0.501. The molecule has 98 valence electrons. The molecule has 0 fully saturated rings. The molecular weight excluding hydrogens is 212 g/mol. The van der Waals surface area contributed by atoms with Gasteiger partial charge in [-0.15, -0.1) is 0 Å². The second-order valence-corrected chi connectivity index (χ2v) is 10.0. The zero-order chi connectivity index (χ0) is 12.9. The van der Waals surface area contributed by atoms with E-state index >= 15 is 0 Å². The van der Waals surface area contributed by atoms with Crippen LogP contribution >= 0.6 is 0 Å². The Bertz CT molecular complexity index is 186. The molecule has 0 aliphatic rings. The Hall–Kier alpha value is 0.137. The van der Waals surface area contributed by atoms with Crippen molar-refractivity contribution in [2.75, 3.05) is 27.2 Å². The van der Waals surface area contributed by atoms with Crippen molar-refractivity contribution in [3.05, 3.63) is 0 Å². The smallest absolute Gasteiger partial charge is 0.0639 e. The van der Waals surface area contributed by atoms with Crippen LogP contribution in [0.5, 0.6) is 0 Å². The first-order valence-corrected chi connectivity index (χ1v) is 8.19. The van der Waals surface area contributed by atoms with Gasteiger partial charge in [0.25, 0.3) is 0 Å². The Morgan fingerprint density at radius 2 is 1.50 bits per heavy atom. The highest BCUT2D eigenvalue weighted by atomic mass is 28.2. The molecule has 0 aromatic heterocycles. The van der Waals surface area contributed by atoms with Crippen molar-refractivity contribution in [2.24, 2.45) is 0 Å². The molecule has 0 bridgehead atoms. The number of hydrogen-bond donors (Lipinski definition) is 0. The number of hydrogen-bond acceptors (Lipinski definition) is 2. The Balaban J connectivity index is 4.87. The van der Waals surface area contributed by atoms with E-state index in [0.29, 0.717) is 11.2 Å². The van der Waals surface area contributed by atoms with Crippen LogP contribution in [-0.4, -0.2) is 52.7 Å². The lowest BCUT2D eigenvalue weighted by Gasteiger charge is -2.46. The zero-order valence-corrected chi connectivity index (χ0v) is 14.1. The van der Waals surface area contributed by atoms with Gasteiger partial charge in [0.1, 0.15) is 0 Å². The highest BCUT2D eigenvalue weighted by molar-refractivity contribution is 6.41. The van der Waals surface area contributed by atoms with Crippen molar-refractivity contribution in [2.45, 2.75) is 58.3 Å². The van der Waals surface area contributed by atoms with Gasteiger partial charge in [-0.25, -0.2) is 0 Å². The summed E-state index contributed by atoms with van der Waals surface area (Å²) >= 11 is 0. The monoisotopic (exact) mass is 244 g/mol. The molecule has 0 amide bonds. The van der Waals surface area contributed by atoms with E-state index in [2.05, 4.69) is 65.4 Å². The predicted octanol–water partition coefficient (Wildman–Crippen LogP) is 2.41. The first-order valence-electron chi connectivity index (χ1n) is 6.66. The lowest BCUT2D eigenvalue weighted by molar-refractivity contribution is 0.0571. The van der Waals surface area contributed by atoms with Crippen molar-refractivity contribution in [3.8, 4) is 0 Å². The van der Waals surface area contributed by atoms with E-state index in [1.165, 1.54) is 0 Å². The molecule has 0 spiro atoms. The molecule has 0 heterocycles. The van der Waals surface area contributed by atoms with E-state index < -0.39 is 0 Å². The van der Waals surface area contributed by atoms with Gasteiger partial charge in [0.2, 0.25) is 0 Å². The SMILES string of the molecule is CCN(CC)C(N(C)C)C(C)(C)[SiH2]C(C)C. The van der Waals surface area contributed by atoms with Gasteiger partial charge in [-0.05, 0) is 32.2 Å². The summed E-state index contributed by atoms with van der Waals surface area (Å²) in [5.74, 6) is 0. The van der Waals surface area contributed by atoms with Crippen LogP contribution in [0.25, 0.3) is 0 Å². The fourth-order valence-corrected chi connectivity index (χ4v) is 6.19. The first-order chi connectivity index (χ1) is 7.26. The largest absolute Gasteiger partial charge is 0.294 e. The predicted molar refractivity (Wildman–Crippen MR) is 78.1 cm³/mol. The maximum atomic E-state index is 2.59. The van der Waals surface area contributed by atoms with Crippen LogP contribution in [0.2, 0.25) is 10.6 Å². The summed E-state index contributed by atoms with van der Waals surface area (Å²) in [6, 6.07) is 0. The van der Waals surface area contributed by atoms with Crippen LogP contribution in [0.1, 0.15) is 41.5 Å². The van der Waals surface area contributed by atoms with Crippen molar-refractivity contribution in [3.63, 3.8) is 0 Å². The Kier molecular flexibility index (Phi) is 6.83. The van der Waals surface area contributed by atoms with Crippen LogP contribution in [0.3, 0.4) is 0 Å². The van der Waals surface area contributed by atoms with Crippen molar-refractivity contribution in [1.82, 2.24) is 9.80 Å². The summed E-state index contributed by atoms with van der Waals surface area (Å²) in [6.45, 7) is 16.5. The lowest BCUT2D eigenvalue weighted by Crippen LogP contribution is -2.52. The molecule has 0 aliphatic carbocycles. The van der Waals surface area contributed by atoms with E-state index in [-0.39, 0.29) is 9.52 Å². The van der Waals surface area contributed by atoms with Gasteiger partial charge < -0.3 is 0 Å². The van der Waals surface area contributed by atoms with E-state index in [4.69, 9.17) is 0 Å². The molecular formula is C13H32N2Si. The standard InChI is InChI=1S/C13H32N2Si/c1-9-15(10-2)12(14(7)8)13(5,6)16-11(3)4/h11-12H,9-10,16H2,1-8H3. The van der Waals surface area contributed by atoms with Crippen LogP contribution in [0.15, 0.2) is 0 Å². The van der Waals surface area contributed by atoms with Gasteiger partial charge in [0, 0.05) is 9.52 Å². The molecule has 3 heteroatoms. The second-order valence-electron chi connectivity index (χ2n) is 6.15. The summed E-state index contributed by atoms with van der Waals surface area (Å²) < 4.78 is 0. The van der Waals surface area contributed by atoms with E-state index in [1.54, 1.807) is 0 Å². The van der Waals surface area contributed by atoms with Crippen molar-refractivity contribution in [1.29, 1.82) is 0 Å². The second kappa shape index (κ2) is 6.77. The van der Waals surface area contributed by atoms with Gasteiger partial charge in [-0.2, -0.15) is 0 Å². The molecule has 0 radical (unpaired) electrons. The summed E-state index contributed by atoms with van der Waals surface area (Å²) in [7, 11) is 4.38. The molecule has 2 nitrogen and oxygen atoms in total. The van der Waals surface area contributed by atoms with Gasteiger partial charge in [-0.1, -0.05) is 47.1 Å². The molecule has 1 atom stereocenters. The van der Waals surface area contributed by atoms with E-state index in [1.807, 2.05) is 0 Å². The maximum Gasteiger partial charge on any atom is 0.0639 e. The minimum absolute atomic E-state index is 0.0610. The molecule has 1 unspecified atom stereocenters. The molecule has 0 saturated carbocycles. The van der Waals surface area contributed by atoms with Gasteiger partial charge >= 0.3 is 0 Å². The van der Waals surface area contributed by atoms with Crippen molar-refractivity contribution >= 4 is 9.52 Å². The Morgan fingerprint density at radius 1 is 1.06 bits per heavy atom. The van der Waals surface area contributed by atoms with Gasteiger partial charge in [0.15, 0.2) is 0 Å². The maximum absolute atomic E-state index is 2.59. The molecule has 0 aromatic rings. The van der Waals surface area contributed by atoms with E-state index in [9.17, 15) is 0 Å². The average molecular weight is 244 g/mol. The zero-order valence-electron chi connectivity index (χ0n) is 12.7. The average Bonchev–Trinajstić information content (AvgIpc) is 2.10. The molecule has 0 aromatic carbocycles. The molecule has 0 N–H and O–H groups in total.